The van der Waals surface area contributed by atoms with Gasteiger partial charge in [0, 0.05) is 12.5 Å². The molecule has 0 aliphatic heterocycles. The number of aliphatic hydroxyl groups is 1. The van der Waals surface area contributed by atoms with Crippen LogP contribution in [-0.2, 0) is 9.63 Å². The largest absolute Gasteiger partial charge is 0.396 e. The van der Waals surface area contributed by atoms with Gasteiger partial charge in [-0.25, -0.2) is 5.90 Å². The van der Waals surface area contributed by atoms with Crippen LogP contribution in [0.25, 0.3) is 0 Å². The predicted molar refractivity (Wildman–Crippen MR) is 45.2 cm³/mol. The molecule has 0 radical (unpaired) electrons. The molecule has 0 aromatic carbocycles. The number of ketones is 1. The number of hydrogen-bond donors (Lipinski definition) is 2. The topological polar surface area (TPSA) is 72.5 Å². The average molecular weight is 175 g/mol. The minimum Gasteiger partial charge on any atom is -0.396 e. The van der Waals surface area contributed by atoms with E-state index in [2.05, 4.69) is 4.84 Å². The first-order valence-corrected chi connectivity index (χ1v) is 4.17. The van der Waals surface area contributed by atoms with Gasteiger partial charge in [-0.1, -0.05) is 13.3 Å². The Kier molecular flexibility index (Phi) is 6.94. The van der Waals surface area contributed by atoms with Crippen molar-refractivity contribution >= 4 is 5.78 Å². The molecule has 1 atom stereocenters. The number of nitrogens with two attached hydrogens (primary N) is 1. The van der Waals surface area contributed by atoms with E-state index in [-0.39, 0.29) is 24.9 Å². The molecule has 0 saturated heterocycles. The van der Waals surface area contributed by atoms with Crippen molar-refractivity contribution < 1.29 is 14.7 Å². The Morgan fingerprint density at radius 1 is 1.58 bits per heavy atom. The van der Waals surface area contributed by atoms with Crippen LogP contribution in [0.2, 0.25) is 0 Å². The minimum atomic E-state index is -0.0138. The van der Waals surface area contributed by atoms with Gasteiger partial charge in [-0.2, -0.15) is 0 Å². The second-order valence-electron chi connectivity index (χ2n) is 2.90. The molecule has 0 aliphatic rings. The first-order valence-electron chi connectivity index (χ1n) is 4.17. The fraction of sp³-hybridized carbons (Fsp3) is 0.875. The Hall–Kier alpha value is -0.450. The van der Waals surface area contributed by atoms with Crippen molar-refractivity contribution in [2.24, 2.45) is 11.8 Å². The number of hydrogen-bond acceptors (Lipinski definition) is 4. The lowest BCUT2D eigenvalue weighted by Gasteiger charge is -2.07. The molecule has 0 aromatic rings. The third kappa shape index (κ3) is 5.23. The molecular formula is C8H17NO3. The maximum absolute atomic E-state index is 11.1. The number of carbonyl (C=O) groups excluding carboxylic acids is 1. The zero-order valence-electron chi connectivity index (χ0n) is 7.45. The molecule has 0 aliphatic carbocycles. The molecule has 12 heavy (non-hydrogen) atoms. The van der Waals surface area contributed by atoms with E-state index in [0.29, 0.717) is 0 Å². The highest BCUT2D eigenvalue weighted by Gasteiger charge is 2.11. The third-order valence-corrected chi connectivity index (χ3v) is 1.82. The number of unbranched alkanes of at least 4 members (excludes halogenated alkanes) is 1. The fourth-order valence-electron chi connectivity index (χ4n) is 0.948. The summed E-state index contributed by atoms with van der Waals surface area (Å²) in [6, 6.07) is 0. The van der Waals surface area contributed by atoms with Gasteiger partial charge in [0.2, 0.25) is 0 Å². The Labute approximate surface area is 72.7 Å². The number of Topliss-reactive ketones (excluding diaryl/α,β-unsaturated/α-hetero) is 1. The van der Waals surface area contributed by atoms with E-state index in [9.17, 15) is 4.79 Å². The lowest BCUT2D eigenvalue weighted by Crippen LogP contribution is -2.19. The first-order chi connectivity index (χ1) is 5.72. The zero-order valence-corrected chi connectivity index (χ0v) is 7.45. The van der Waals surface area contributed by atoms with Crippen LogP contribution < -0.4 is 5.90 Å². The standard InChI is InChI=1S/C8H17NO3/c1-7(4-2-3-5-10)8(11)6-12-9/h7,10H,2-6,9H2,1H3. The Balaban J connectivity index is 3.42. The fourth-order valence-corrected chi connectivity index (χ4v) is 0.948. The molecule has 0 spiro atoms. The van der Waals surface area contributed by atoms with Gasteiger partial charge in [0.1, 0.15) is 6.61 Å². The minimum absolute atomic E-state index is 0.0136. The Bertz CT molecular complexity index is 127. The summed E-state index contributed by atoms with van der Waals surface area (Å²) in [6.45, 7) is 2.02. The van der Waals surface area contributed by atoms with Gasteiger partial charge in [0.05, 0.1) is 0 Å². The van der Waals surface area contributed by atoms with Crippen molar-refractivity contribution in [3.63, 3.8) is 0 Å². The average Bonchev–Trinajstić information content (AvgIpc) is 2.05. The molecule has 0 heterocycles. The molecule has 0 rings (SSSR count). The van der Waals surface area contributed by atoms with Crippen molar-refractivity contribution in [1.29, 1.82) is 0 Å². The van der Waals surface area contributed by atoms with Crippen LogP contribution in [0.1, 0.15) is 26.2 Å². The number of carbonyl (C=O) groups is 1. The molecule has 1 unspecified atom stereocenters. The quantitative estimate of drug-likeness (QED) is 0.429. The number of rotatable bonds is 7. The third-order valence-electron chi connectivity index (χ3n) is 1.82. The summed E-state index contributed by atoms with van der Waals surface area (Å²) in [4.78, 5) is 15.3. The van der Waals surface area contributed by atoms with Crippen molar-refractivity contribution in [1.82, 2.24) is 0 Å². The summed E-state index contributed by atoms with van der Waals surface area (Å²) in [7, 11) is 0. The van der Waals surface area contributed by atoms with Crippen LogP contribution in [0.4, 0.5) is 0 Å². The van der Waals surface area contributed by atoms with Gasteiger partial charge in [0.25, 0.3) is 0 Å². The Morgan fingerprint density at radius 2 is 2.25 bits per heavy atom. The molecular weight excluding hydrogens is 158 g/mol. The van der Waals surface area contributed by atoms with E-state index in [0.717, 1.165) is 19.3 Å². The van der Waals surface area contributed by atoms with Crippen LogP contribution in [0, 0.1) is 5.92 Å². The number of aliphatic hydroxyl groups excluding tert-OH is 1. The summed E-state index contributed by atoms with van der Waals surface area (Å²) in [5, 5.41) is 8.49. The normalized spacial score (nSPS) is 12.9. The van der Waals surface area contributed by atoms with Crippen molar-refractivity contribution in [2.75, 3.05) is 13.2 Å². The molecule has 3 N–H and O–H groups in total. The van der Waals surface area contributed by atoms with Crippen LogP contribution in [0.5, 0.6) is 0 Å². The van der Waals surface area contributed by atoms with Gasteiger partial charge in [-0.3, -0.25) is 9.63 Å². The summed E-state index contributed by atoms with van der Waals surface area (Å²) >= 11 is 0. The van der Waals surface area contributed by atoms with Gasteiger partial charge < -0.3 is 5.11 Å². The van der Waals surface area contributed by atoms with Crippen LogP contribution >= 0.6 is 0 Å². The van der Waals surface area contributed by atoms with Crippen LogP contribution in [-0.4, -0.2) is 24.1 Å². The van der Waals surface area contributed by atoms with Crippen LogP contribution in [0.15, 0.2) is 0 Å². The second kappa shape index (κ2) is 7.21. The van der Waals surface area contributed by atoms with Crippen molar-refractivity contribution in [3.8, 4) is 0 Å². The maximum atomic E-state index is 11.1. The summed E-state index contributed by atoms with van der Waals surface area (Å²) in [5.74, 6) is 4.77. The maximum Gasteiger partial charge on any atom is 0.163 e. The monoisotopic (exact) mass is 175 g/mol. The van der Waals surface area contributed by atoms with Crippen molar-refractivity contribution in [3.05, 3.63) is 0 Å². The SMILES string of the molecule is CC(CCCCO)C(=O)CON. The van der Waals surface area contributed by atoms with Gasteiger partial charge in [-0.05, 0) is 12.8 Å². The highest BCUT2D eigenvalue weighted by molar-refractivity contribution is 5.81. The summed E-state index contributed by atoms with van der Waals surface area (Å²) in [5.41, 5.74) is 0. The molecule has 4 nitrogen and oxygen atoms in total. The predicted octanol–water partition coefficient (Wildman–Crippen LogP) is 0.245. The molecule has 72 valence electrons. The lowest BCUT2D eigenvalue weighted by atomic mass is 10.00. The van der Waals surface area contributed by atoms with Gasteiger partial charge in [-0.15, -0.1) is 0 Å². The van der Waals surface area contributed by atoms with E-state index in [4.69, 9.17) is 11.0 Å². The van der Waals surface area contributed by atoms with E-state index >= 15 is 0 Å². The van der Waals surface area contributed by atoms with Crippen molar-refractivity contribution in [2.45, 2.75) is 26.2 Å². The van der Waals surface area contributed by atoms with E-state index in [1.807, 2.05) is 6.92 Å². The summed E-state index contributed by atoms with van der Waals surface area (Å²) < 4.78 is 0. The first kappa shape index (κ1) is 11.6. The van der Waals surface area contributed by atoms with E-state index in [1.54, 1.807) is 0 Å². The van der Waals surface area contributed by atoms with E-state index in [1.165, 1.54) is 0 Å². The molecule has 0 bridgehead atoms. The van der Waals surface area contributed by atoms with E-state index < -0.39 is 0 Å². The molecule has 0 fully saturated rings. The highest BCUT2D eigenvalue weighted by atomic mass is 16.6. The molecule has 4 heteroatoms. The smallest absolute Gasteiger partial charge is 0.163 e. The summed E-state index contributed by atoms with van der Waals surface area (Å²) in [6.07, 6.45) is 2.41. The van der Waals surface area contributed by atoms with Crippen LogP contribution in [0.3, 0.4) is 0 Å². The second-order valence-corrected chi connectivity index (χ2v) is 2.90. The molecule has 0 amide bonds. The van der Waals surface area contributed by atoms with Gasteiger partial charge >= 0.3 is 0 Å². The lowest BCUT2D eigenvalue weighted by molar-refractivity contribution is -0.127. The Morgan fingerprint density at radius 3 is 2.75 bits per heavy atom. The zero-order chi connectivity index (χ0) is 9.40. The molecule has 0 aromatic heterocycles. The molecule has 0 saturated carbocycles. The highest BCUT2D eigenvalue weighted by Crippen LogP contribution is 2.08. The van der Waals surface area contributed by atoms with Gasteiger partial charge in [0.15, 0.2) is 5.78 Å².